The molecule has 0 radical (unpaired) electrons. The van der Waals surface area contributed by atoms with Gasteiger partial charge in [-0.2, -0.15) is 0 Å². The number of nitrogens with zero attached hydrogens (tertiary/aromatic N) is 1. The smallest absolute Gasteiger partial charge is 0.410 e. The summed E-state index contributed by atoms with van der Waals surface area (Å²) in [5.74, 6) is -0.370. The highest BCUT2D eigenvalue weighted by molar-refractivity contribution is 6.07. The van der Waals surface area contributed by atoms with Crippen molar-refractivity contribution in [3.05, 3.63) is 65.7 Å². The largest absolute Gasteiger partial charge is 0.444 e. The van der Waals surface area contributed by atoms with Crippen LogP contribution in [0.3, 0.4) is 0 Å². The quantitative estimate of drug-likeness (QED) is 0.838. The fourth-order valence-corrected chi connectivity index (χ4v) is 3.03. The molecule has 0 spiro atoms. The summed E-state index contributed by atoms with van der Waals surface area (Å²) in [5.41, 5.74) is -0.171. The number of hydrogen-bond donors (Lipinski definition) is 1. The van der Waals surface area contributed by atoms with Crippen LogP contribution in [0.1, 0.15) is 31.9 Å². The molecule has 1 aliphatic heterocycles. The molecule has 1 heterocycles. The number of carbonyl (C=O) groups excluding carboxylic acids is 2. The molecular weight excluding hydrogens is 344 g/mol. The standard InChI is InChI=1S/C21H24N2O4/c1-20(2,3)27-19(25)22-21(26-14-15-10-6-5-7-11-15)16-12-8-9-13-17(16)23(4)18(21)24/h5-13H,14H2,1-4H3,(H,22,25)/t21-/m1/s1. The second-order valence-electron chi connectivity index (χ2n) is 7.46. The molecule has 142 valence electrons. The van der Waals surface area contributed by atoms with Crippen molar-refractivity contribution >= 4 is 17.7 Å². The Morgan fingerprint density at radius 2 is 1.70 bits per heavy atom. The fourth-order valence-electron chi connectivity index (χ4n) is 3.03. The van der Waals surface area contributed by atoms with Crippen LogP contribution in [0.2, 0.25) is 0 Å². The minimum absolute atomic E-state index is 0.157. The zero-order valence-electron chi connectivity index (χ0n) is 16.0. The molecule has 0 saturated heterocycles. The number of alkyl carbamates (subject to hydrolysis) is 1. The Bertz CT molecular complexity index is 845. The molecule has 0 unspecified atom stereocenters. The van der Waals surface area contributed by atoms with E-state index in [0.29, 0.717) is 11.3 Å². The number of amides is 2. The van der Waals surface area contributed by atoms with Gasteiger partial charge in [-0.05, 0) is 32.4 Å². The molecule has 0 fully saturated rings. The summed E-state index contributed by atoms with van der Waals surface area (Å²) in [5, 5.41) is 2.68. The van der Waals surface area contributed by atoms with Gasteiger partial charge in [0, 0.05) is 12.6 Å². The van der Waals surface area contributed by atoms with Gasteiger partial charge < -0.3 is 14.4 Å². The molecule has 1 atom stereocenters. The zero-order chi connectivity index (χ0) is 19.7. The summed E-state index contributed by atoms with van der Waals surface area (Å²) in [6, 6.07) is 16.7. The molecule has 2 amide bonds. The number of ether oxygens (including phenoxy) is 2. The summed E-state index contributed by atoms with van der Waals surface area (Å²) in [7, 11) is 1.66. The lowest BCUT2D eigenvalue weighted by Crippen LogP contribution is -2.55. The number of fused-ring (bicyclic) bond motifs is 1. The van der Waals surface area contributed by atoms with Gasteiger partial charge in [0.1, 0.15) is 5.60 Å². The second kappa shape index (κ2) is 7.04. The van der Waals surface area contributed by atoms with E-state index in [9.17, 15) is 9.59 Å². The number of rotatable bonds is 4. The van der Waals surface area contributed by atoms with Crippen molar-refractivity contribution in [2.24, 2.45) is 0 Å². The van der Waals surface area contributed by atoms with Crippen LogP contribution in [-0.2, 0) is 26.6 Å². The lowest BCUT2D eigenvalue weighted by atomic mass is 10.0. The third-order valence-electron chi connectivity index (χ3n) is 4.23. The summed E-state index contributed by atoms with van der Waals surface area (Å²) < 4.78 is 11.4. The number of benzene rings is 2. The molecule has 2 aromatic carbocycles. The third-order valence-corrected chi connectivity index (χ3v) is 4.23. The van der Waals surface area contributed by atoms with Gasteiger partial charge in [-0.3, -0.25) is 10.1 Å². The van der Waals surface area contributed by atoms with Gasteiger partial charge in [-0.25, -0.2) is 4.79 Å². The summed E-state index contributed by atoms with van der Waals surface area (Å²) in [6.45, 7) is 5.45. The average molecular weight is 368 g/mol. The molecular formula is C21H24N2O4. The van der Waals surface area contributed by atoms with E-state index < -0.39 is 17.4 Å². The second-order valence-corrected chi connectivity index (χ2v) is 7.46. The van der Waals surface area contributed by atoms with Gasteiger partial charge in [0.2, 0.25) is 0 Å². The first kappa shape index (κ1) is 18.9. The van der Waals surface area contributed by atoms with E-state index in [-0.39, 0.29) is 12.5 Å². The van der Waals surface area contributed by atoms with E-state index in [2.05, 4.69) is 5.32 Å². The maximum atomic E-state index is 13.1. The number of para-hydroxylation sites is 1. The molecule has 2 aromatic rings. The van der Waals surface area contributed by atoms with Crippen molar-refractivity contribution in [1.82, 2.24) is 5.32 Å². The van der Waals surface area contributed by atoms with Crippen molar-refractivity contribution in [3.8, 4) is 0 Å². The predicted molar refractivity (Wildman–Crippen MR) is 102 cm³/mol. The number of anilines is 1. The van der Waals surface area contributed by atoms with Gasteiger partial charge in [0.05, 0.1) is 12.3 Å². The highest BCUT2D eigenvalue weighted by Gasteiger charge is 2.53. The normalized spacial score (nSPS) is 19.0. The first-order chi connectivity index (χ1) is 12.7. The molecule has 0 bridgehead atoms. The van der Waals surface area contributed by atoms with Crippen LogP contribution in [0.15, 0.2) is 54.6 Å². The van der Waals surface area contributed by atoms with Crippen molar-refractivity contribution < 1.29 is 19.1 Å². The summed E-state index contributed by atoms with van der Waals surface area (Å²) in [6.07, 6.45) is -0.714. The number of carbonyl (C=O) groups is 2. The first-order valence-electron chi connectivity index (χ1n) is 8.80. The Kier molecular flexibility index (Phi) is 4.93. The number of hydrogen-bond acceptors (Lipinski definition) is 4. The first-order valence-corrected chi connectivity index (χ1v) is 8.80. The maximum Gasteiger partial charge on any atom is 0.410 e. The lowest BCUT2D eigenvalue weighted by molar-refractivity contribution is -0.151. The molecule has 0 aromatic heterocycles. The molecule has 27 heavy (non-hydrogen) atoms. The number of nitrogens with one attached hydrogen (secondary N) is 1. The van der Waals surface area contributed by atoms with Crippen molar-refractivity contribution in [3.63, 3.8) is 0 Å². The molecule has 1 N–H and O–H groups in total. The van der Waals surface area contributed by atoms with Crippen LogP contribution in [0.25, 0.3) is 0 Å². The molecule has 3 rings (SSSR count). The van der Waals surface area contributed by atoms with Crippen LogP contribution >= 0.6 is 0 Å². The monoisotopic (exact) mass is 368 g/mol. The SMILES string of the molecule is CN1C(=O)[C@](NC(=O)OC(C)(C)C)(OCc2ccccc2)c2ccccc21. The van der Waals surface area contributed by atoms with E-state index in [1.807, 2.05) is 48.5 Å². The van der Waals surface area contributed by atoms with E-state index in [0.717, 1.165) is 5.56 Å². The Labute approximate surface area is 159 Å². The Morgan fingerprint density at radius 3 is 2.37 bits per heavy atom. The molecule has 0 saturated carbocycles. The molecule has 6 heteroatoms. The number of likely N-dealkylation sites (N-methyl/N-ethyl adjacent to an activating group) is 1. The average Bonchev–Trinajstić information content (AvgIpc) is 2.82. The van der Waals surface area contributed by atoms with Crippen LogP contribution < -0.4 is 10.2 Å². The van der Waals surface area contributed by atoms with E-state index in [1.54, 1.807) is 33.9 Å². The zero-order valence-corrected chi connectivity index (χ0v) is 16.0. The van der Waals surface area contributed by atoms with Crippen LogP contribution in [0.5, 0.6) is 0 Å². The fraction of sp³-hybridized carbons (Fsp3) is 0.333. The topological polar surface area (TPSA) is 67.9 Å². The lowest BCUT2D eigenvalue weighted by Gasteiger charge is -2.31. The maximum absolute atomic E-state index is 13.1. The summed E-state index contributed by atoms with van der Waals surface area (Å²) >= 11 is 0. The third kappa shape index (κ3) is 3.80. The van der Waals surface area contributed by atoms with Crippen LogP contribution in [-0.4, -0.2) is 24.6 Å². The van der Waals surface area contributed by atoms with Crippen LogP contribution in [0.4, 0.5) is 10.5 Å². The van der Waals surface area contributed by atoms with Gasteiger partial charge >= 0.3 is 6.09 Å². The molecule has 0 aliphatic carbocycles. The predicted octanol–water partition coefficient (Wildman–Crippen LogP) is 3.56. The highest BCUT2D eigenvalue weighted by atomic mass is 16.6. The van der Waals surface area contributed by atoms with Crippen molar-refractivity contribution in [2.45, 2.75) is 38.7 Å². The molecule has 6 nitrogen and oxygen atoms in total. The Hall–Kier alpha value is -2.86. The van der Waals surface area contributed by atoms with Crippen LogP contribution in [0, 0.1) is 0 Å². The minimum atomic E-state index is -1.64. The highest BCUT2D eigenvalue weighted by Crippen LogP contribution is 2.41. The van der Waals surface area contributed by atoms with E-state index in [4.69, 9.17) is 9.47 Å². The van der Waals surface area contributed by atoms with Gasteiger partial charge in [-0.1, -0.05) is 48.5 Å². The summed E-state index contributed by atoms with van der Waals surface area (Å²) in [4.78, 5) is 27.1. The Balaban J connectivity index is 1.96. The van der Waals surface area contributed by atoms with E-state index >= 15 is 0 Å². The van der Waals surface area contributed by atoms with Gasteiger partial charge in [-0.15, -0.1) is 0 Å². The van der Waals surface area contributed by atoms with Crippen molar-refractivity contribution in [1.29, 1.82) is 0 Å². The minimum Gasteiger partial charge on any atom is -0.444 e. The van der Waals surface area contributed by atoms with Crippen molar-refractivity contribution in [2.75, 3.05) is 11.9 Å². The molecule has 1 aliphatic rings. The van der Waals surface area contributed by atoms with Gasteiger partial charge in [0.15, 0.2) is 0 Å². The van der Waals surface area contributed by atoms with Gasteiger partial charge in [0.25, 0.3) is 11.6 Å². The van der Waals surface area contributed by atoms with E-state index in [1.165, 1.54) is 4.90 Å². The Morgan fingerprint density at radius 1 is 1.07 bits per heavy atom.